The van der Waals surface area contributed by atoms with Gasteiger partial charge in [0.25, 0.3) is 0 Å². The van der Waals surface area contributed by atoms with Crippen LogP contribution in [0, 0.1) is 20.8 Å². The summed E-state index contributed by atoms with van der Waals surface area (Å²) in [5.41, 5.74) is 29.5. The Balaban J connectivity index is 0.000000109. The molecule has 0 atom stereocenters. The maximum Gasteiger partial charge on any atom is 0.136 e. The van der Waals surface area contributed by atoms with E-state index in [4.69, 9.17) is 4.42 Å². The first kappa shape index (κ1) is 70.3. The lowest BCUT2D eigenvalue weighted by Gasteiger charge is -2.21. The van der Waals surface area contributed by atoms with E-state index >= 15 is 0 Å². The molecular weight excluding hydrogens is 1430 g/mol. The molecular formula is C113H84OSi2. The van der Waals surface area contributed by atoms with Crippen molar-refractivity contribution >= 4 is 134 Å². The SMILES string of the molecule is Cc1ccc2c(-c3ccc(-c4ccccc4)cc3)c3ccccc3c(-c3cccc4oc5ccccc5c34)c2c1.Cc1ccc2c(-c3ccc4ccccc4c3)c3ccccc3c(-c3cccc4c3-c3ccccc3[Si]4(C)C)c2c1.Cc1ccc2c(-c3ccccc3)c3ccccc3c(-c3cccc4c3-c3ccccc3[Si]4(C)C)c2c1. The topological polar surface area (TPSA) is 13.1 Å². The number of furan rings is 1. The fourth-order valence-corrected chi connectivity index (χ4v) is 26.2. The van der Waals surface area contributed by atoms with Crippen molar-refractivity contribution in [1.82, 2.24) is 0 Å². The summed E-state index contributed by atoms with van der Waals surface area (Å²) in [5.74, 6) is 0. The zero-order valence-electron chi connectivity index (χ0n) is 66.3. The van der Waals surface area contributed by atoms with Gasteiger partial charge < -0.3 is 4.42 Å². The van der Waals surface area contributed by atoms with Crippen LogP contribution in [0.25, 0.3) is 197 Å². The van der Waals surface area contributed by atoms with Crippen molar-refractivity contribution in [2.24, 2.45) is 0 Å². The van der Waals surface area contributed by atoms with Gasteiger partial charge >= 0.3 is 0 Å². The molecule has 0 saturated carbocycles. The largest absolute Gasteiger partial charge is 0.456 e. The minimum absolute atomic E-state index is 0.921. The number of fused-ring (bicyclic) bond motifs is 16. The molecule has 1 aromatic heterocycles. The quantitative estimate of drug-likeness (QED) is 0.114. The van der Waals surface area contributed by atoms with E-state index in [2.05, 4.69) is 423 Å². The van der Waals surface area contributed by atoms with E-state index in [-0.39, 0.29) is 0 Å². The molecule has 0 saturated heterocycles. The van der Waals surface area contributed by atoms with Crippen LogP contribution in [0.2, 0.25) is 26.2 Å². The van der Waals surface area contributed by atoms with Gasteiger partial charge in [-0.2, -0.15) is 0 Å². The molecule has 0 fully saturated rings. The second-order valence-electron chi connectivity index (χ2n) is 33.0. The molecule has 0 aliphatic carbocycles. The molecule has 0 unspecified atom stereocenters. The van der Waals surface area contributed by atoms with Crippen molar-refractivity contribution in [3.63, 3.8) is 0 Å². The molecule has 1 nitrogen and oxygen atoms in total. The average molecular weight is 1510 g/mol. The summed E-state index contributed by atoms with van der Waals surface area (Å²) in [6.07, 6.45) is 0. The number of benzene rings is 20. The Bertz CT molecular complexity index is 7590. The summed E-state index contributed by atoms with van der Waals surface area (Å²) in [6, 6.07) is 141. The van der Waals surface area contributed by atoms with Gasteiger partial charge in [-0.3, -0.25) is 0 Å². The molecule has 0 N–H and O–H groups in total. The summed E-state index contributed by atoms with van der Waals surface area (Å²) >= 11 is 0. The third-order valence-corrected chi connectivity index (χ3v) is 32.4. The van der Waals surface area contributed by atoms with Crippen molar-refractivity contribution in [2.45, 2.75) is 47.0 Å². The highest BCUT2D eigenvalue weighted by Crippen LogP contribution is 2.52. The minimum atomic E-state index is -1.78. The summed E-state index contributed by atoms with van der Waals surface area (Å²) in [5, 5.41) is 26.7. The predicted molar refractivity (Wildman–Crippen MR) is 506 cm³/mol. The van der Waals surface area contributed by atoms with E-state index in [0.717, 1.165) is 16.6 Å². The van der Waals surface area contributed by atoms with Crippen LogP contribution in [0.4, 0.5) is 0 Å². The Morgan fingerprint density at radius 3 is 1.00 bits per heavy atom. The normalized spacial score (nSPS) is 12.9. The van der Waals surface area contributed by atoms with Crippen LogP contribution in [-0.4, -0.2) is 16.1 Å². The Morgan fingerprint density at radius 1 is 0.181 bits per heavy atom. The zero-order chi connectivity index (χ0) is 78.1. The third-order valence-electron chi connectivity index (χ3n) is 25.3. The molecule has 116 heavy (non-hydrogen) atoms. The maximum absolute atomic E-state index is 6.30. The molecule has 0 bridgehead atoms. The number of hydrogen-bond acceptors (Lipinski definition) is 1. The first-order valence-electron chi connectivity index (χ1n) is 40.8. The zero-order valence-corrected chi connectivity index (χ0v) is 68.3. The number of rotatable bonds is 7. The van der Waals surface area contributed by atoms with Crippen molar-refractivity contribution in [3.8, 4) is 100 Å². The molecule has 3 heterocycles. The van der Waals surface area contributed by atoms with Crippen molar-refractivity contribution in [3.05, 3.63) is 399 Å². The lowest BCUT2D eigenvalue weighted by atomic mass is 9.83. The van der Waals surface area contributed by atoms with Crippen LogP contribution in [0.3, 0.4) is 0 Å². The molecule has 2 aliphatic heterocycles. The highest BCUT2D eigenvalue weighted by molar-refractivity contribution is 7.04. The van der Waals surface area contributed by atoms with Gasteiger partial charge in [-0.05, 0) is 235 Å². The molecule has 0 amide bonds. The number of hydrogen-bond donors (Lipinski definition) is 0. The lowest BCUT2D eigenvalue weighted by molar-refractivity contribution is 0.669. The molecule has 20 aromatic carbocycles. The van der Waals surface area contributed by atoms with Gasteiger partial charge in [-0.15, -0.1) is 0 Å². The second kappa shape index (κ2) is 27.9. The van der Waals surface area contributed by atoms with Crippen LogP contribution in [-0.2, 0) is 0 Å². The Kier molecular flexibility index (Phi) is 16.9. The molecule has 0 radical (unpaired) electrons. The fourth-order valence-electron chi connectivity index (χ4n) is 20.0. The first-order valence-corrected chi connectivity index (χ1v) is 46.8. The van der Waals surface area contributed by atoms with Gasteiger partial charge in [0.15, 0.2) is 0 Å². The third kappa shape index (κ3) is 11.4. The Morgan fingerprint density at radius 2 is 0.500 bits per heavy atom. The standard InChI is InChI=1S/C39H26O.C39H30Si.C35H28Si/c1-25-18-23-31-34(24-25)38(33-15-9-17-36-39(33)32-14-7-8-16-35(32)40-36)30-13-6-5-12-29(30)37(31)28-21-19-27(20-22-28)26-10-3-2-4-11-26;1-25-19-22-31-34(23-25)38(33-16-10-18-36-39(33)32-15-8-9-17-35(32)40(36,2)3)30-14-7-6-13-29(30)37(31)28-21-20-26-11-4-5-12-27(26)24-28;1-23-20-21-27-30(22-23)34(26-15-8-7-14-25(26)33(27)24-12-5-4-6-13-24)29-17-11-19-32-35(29)28-16-9-10-18-31(28)36(32,2)3/h2-24H,1H3;4-24H,1-3H3;4-22H,1-3H3. The highest BCUT2D eigenvalue weighted by atomic mass is 28.3. The maximum atomic E-state index is 6.30. The summed E-state index contributed by atoms with van der Waals surface area (Å²) in [7, 11) is -3.54. The van der Waals surface area contributed by atoms with E-state index in [1.54, 1.807) is 20.7 Å². The van der Waals surface area contributed by atoms with Crippen LogP contribution < -0.4 is 20.7 Å². The van der Waals surface area contributed by atoms with Gasteiger partial charge in [0.2, 0.25) is 0 Å². The van der Waals surface area contributed by atoms with Crippen molar-refractivity contribution < 1.29 is 4.42 Å². The number of aryl methyl sites for hydroxylation is 3. The molecule has 3 heteroatoms. The van der Waals surface area contributed by atoms with Gasteiger partial charge in [-0.25, -0.2) is 0 Å². The predicted octanol–water partition coefficient (Wildman–Crippen LogP) is 29.2. The van der Waals surface area contributed by atoms with E-state index < -0.39 is 16.1 Å². The Hall–Kier alpha value is -13.5. The van der Waals surface area contributed by atoms with Gasteiger partial charge in [0, 0.05) is 10.8 Å². The van der Waals surface area contributed by atoms with Crippen LogP contribution in [0.5, 0.6) is 0 Å². The smallest absolute Gasteiger partial charge is 0.136 e. The molecule has 2 aliphatic rings. The molecule has 23 rings (SSSR count). The van der Waals surface area contributed by atoms with Crippen molar-refractivity contribution in [2.75, 3.05) is 0 Å². The summed E-state index contributed by atoms with van der Waals surface area (Å²) < 4.78 is 6.30. The molecule has 0 spiro atoms. The van der Waals surface area contributed by atoms with E-state index in [0.29, 0.717) is 0 Å². The van der Waals surface area contributed by atoms with Crippen LogP contribution in [0.1, 0.15) is 16.7 Å². The van der Waals surface area contributed by atoms with E-state index in [9.17, 15) is 0 Å². The first-order chi connectivity index (χ1) is 56.8. The lowest BCUT2D eigenvalue weighted by Crippen LogP contribution is -2.49. The van der Waals surface area contributed by atoms with E-state index in [1.807, 2.05) is 6.07 Å². The monoisotopic (exact) mass is 1510 g/mol. The molecule has 21 aromatic rings. The second-order valence-corrected chi connectivity index (χ2v) is 41.6. The summed E-state index contributed by atoms with van der Waals surface area (Å²) in [4.78, 5) is 0. The average Bonchev–Trinajstić information content (AvgIpc) is 1.09. The van der Waals surface area contributed by atoms with E-state index in [1.165, 1.54) is 198 Å². The van der Waals surface area contributed by atoms with Gasteiger partial charge in [-0.1, -0.05) is 407 Å². The minimum Gasteiger partial charge on any atom is -0.456 e. The van der Waals surface area contributed by atoms with Gasteiger partial charge in [0.1, 0.15) is 27.3 Å². The fraction of sp³-hybridized carbons (Fsp3) is 0.0619. The number of para-hydroxylation sites is 1. The molecule has 550 valence electrons. The summed E-state index contributed by atoms with van der Waals surface area (Å²) in [6.45, 7) is 16.6. The van der Waals surface area contributed by atoms with Gasteiger partial charge in [0.05, 0.1) is 0 Å². The van der Waals surface area contributed by atoms with Crippen LogP contribution >= 0.6 is 0 Å². The van der Waals surface area contributed by atoms with Crippen molar-refractivity contribution in [1.29, 1.82) is 0 Å². The van der Waals surface area contributed by atoms with Crippen LogP contribution in [0.15, 0.2) is 387 Å². The Labute approximate surface area is 679 Å². The highest BCUT2D eigenvalue weighted by Gasteiger charge is 2.41.